The van der Waals surface area contributed by atoms with Crippen molar-refractivity contribution in [2.24, 2.45) is 0 Å². The summed E-state index contributed by atoms with van der Waals surface area (Å²) in [6.45, 7) is 0. The monoisotopic (exact) mass is 407 g/mol. The number of aromatic nitrogens is 4. The molecule has 0 aliphatic carbocycles. The first-order chi connectivity index (χ1) is 14.1. The van der Waals surface area contributed by atoms with Crippen molar-refractivity contribution in [2.45, 2.75) is 6.42 Å². The number of hydrogen-bond donors (Lipinski definition) is 2. The third-order valence-corrected chi connectivity index (χ3v) is 4.91. The number of benzene rings is 1. The lowest BCUT2D eigenvalue weighted by Gasteiger charge is -2.00. The van der Waals surface area contributed by atoms with E-state index in [9.17, 15) is 9.59 Å². The van der Waals surface area contributed by atoms with Crippen LogP contribution in [0.2, 0.25) is 0 Å². The Morgan fingerprint density at radius 3 is 2.90 bits per heavy atom. The van der Waals surface area contributed by atoms with Crippen LogP contribution in [0.3, 0.4) is 0 Å². The number of carbonyl (C=O) groups is 2. The summed E-state index contributed by atoms with van der Waals surface area (Å²) in [4.78, 5) is 31.2. The van der Waals surface area contributed by atoms with Crippen LogP contribution in [0, 0.1) is 0 Å². The summed E-state index contributed by atoms with van der Waals surface area (Å²) < 4.78 is 6.41. The van der Waals surface area contributed by atoms with Gasteiger partial charge in [0.25, 0.3) is 0 Å². The summed E-state index contributed by atoms with van der Waals surface area (Å²) in [5.74, 6) is -0.626. The van der Waals surface area contributed by atoms with Crippen LogP contribution in [0.1, 0.15) is 16.1 Å². The van der Waals surface area contributed by atoms with Crippen molar-refractivity contribution in [1.82, 2.24) is 19.7 Å². The Morgan fingerprint density at radius 2 is 2.10 bits per heavy atom. The standard InChI is InChI=1S/C20H17N5O3S/c1-28-19(27)16-8-14(10-21-16)17-12-29-20(23-17)24-18(26)7-13-9-22-25(11-13)15-5-3-2-4-6-15/h2-6,8-12,21H,7H2,1H3,(H,23,24,26). The SMILES string of the molecule is COC(=O)c1cc(-c2csc(NC(=O)Cc3cnn(-c4ccccc4)c3)n2)c[nH]1. The number of nitrogens with zero attached hydrogens (tertiary/aromatic N) is 3. The Kier molecular flexibility index (Phi) is 5.21. The van der Waals surface area contributed by atoms with Gasteiger partial charge in [0.05, 0.1) is 31.1 Å². The van der Waals surface area contributed by atoms with Crippen molar-refractivity contribution in [3.8, 4) is 16.9 Å². The van der Waals surface area contributed by atoms with E-state index in [4.69, 9.17) is 0 Å². The van der Waals surface area contributed by atoms with Gasteiger partial charge < -0.3 is 15.0 Å². The van der Waals surface area contributed by atoms with Crippen molar-refractivity contribution in [3.05, 3.63) is 71.6 Å². The van der Waals surface area contributed by atoms with Crippen molar-refractivity contribution in [3.63, 3.8) is 0 Å². The summed E-state index contributed by atoms with van der Waals surface area (Å²) in [6.07, 6.45) is 5.37. The average molecular weight is 407 g/mol. The number of methoxy groups -OCH3 is 1. The Balaban J connectivity index is 1.39. The molecule has 9 heteroatoms. The quantitative estimate of drug-likeness (QED) is 0.478. The van der Waals surface area contributed by atoms with Crippen molar-refractivity contribution in [2.75, 3.05) is 12.4 Å². The van der Waals surface area contributed by atoms with Crippen molar-refractivity contribution < 1.29 is 14.3 Å². The molecule has 0 saturated carbocycles. The largest absolute Gasteiger partial charge is 0.464 e. The maximum atomic E-state index is 12.4. The van der Waals surface area contributed by atoms with Gasteiger partial charge in [-0.05, 0) is 23.8 Å². The zero-order valence-corrected chi connectivity index (χ0v) is 16.3. The molecule has 146 valence electrons. The summed E-state index contributed by atoms with van der Waals surface area (Å²) >= 11 is 1.31. The zero-order chi connectivity index (χ0) is 20.2. The number of amides is 1. The van der Waals surface area contributed by atoms with Gasteiger partial charge in [-0.3, -0.25) is 4.79 Å². The molecule has 0 saturated heterocycles. The molecule has 0 bridgehead atoms. The van der Waals surface area contributed by atoms with E-state index in [-0.39, 0.29) is 12.3 Å². The normalized spacial score (nSPS) is 10.7. The van der Waals surface area contributed by atoms with Gasteiger partial charge in [0.15, 0.2) is 5.13 Å². The Morgan fingerprint density at radius 1 is 1.28 bits per heavy atom. The van der Waals surface area contributed by atoms with E-state index >= 15 is 0 Å². The molecule has 3 heterocycles. The fraction of sp³-hybridized carbons (Fsp3) is 0.100. The highest BCUT2D eigenvalue weighted by Gasteiger charge is 2.13. The lowest BCUT2D eigenvalue weighted by atomic mass is 10.2. The number of nitrogens with one attached hydrogen (secondary N) is 2. The molecule has 4 aromatic rings. The minimum absolute atomic E-state index is 0.178. The van der Waals surface area contributed by atoms with Crippen LogP contribution in [0.5, 0.6) is 0 Å². The molecular formula is C20H17N5O3S. The predicted molar refractivity (Wildman–Crippen MR) is 109 cm³/mol. The van der Waals surface area contributed by atoms with Crippen molar-refractivity contribution >= 4 is 28.3 Å². The van der Waals surface area contributed by atoms with Crippen LogP contribution in [-0.2, 0) is 16.0 Å². The third kappa shape index (κ3) is 4.25. The second-order valence-electron chi connectivity index (χ2n) is 6.19. The first-order valence-corrected chi connectivity index (χ1v) is 9.62. The molecule has 0 unspecified atom stereocenters. The van der Waals surface area contributed by atoms with Crippen LogP contribution in [-0.4, -0.2) is 38.7 Å². The van der Waals surface area contributed by atoms with Crippen molar-refractivity contribution in [1.29, 1.82) is 0 Å². The smallest absolute Gasteiger partial charge is 0.354 e. The molecule has 1 amide bonds. The molecule has 8 nitrogen and oxygen atoms in total. The van der Waals surface area contributed by atoms with E-state index in [1.54, 1.807) is 23.1 Å². The van der Waals surface area contributed by atoms with Crippen LogP contribution >= 0.6 is 11.3 Å². The number of esters is 1. The van der Waals surface area contributed by atoms with E-state index in [1.807, 2.05) is 41.9 Å². The van der Waals surface area contributed by atoms with Crippen LogP contribution < -0.4 is 5.32 Å². The lowest BCUT2D eigenvalue weighted by Crippen LogP contribution is -2.13. The Labute approximate surface area is 170 Å². The highest BCUT2D eigenvalue weighted by atomic mass is 32.1. The number of ether oxygens (including phenoxy) is 1. The number of para-hydroxylation sites is 1. The van der Waals surface area contributed by atoms with E-state index in [1.165, 1.54) is 18.4 Å². The molecule has 2 N–H and O–H groups in total. The molecule has 0 aliphatic rings. The van der Waals surface area contributed by atoms with Gasteiger partial charge in [-0.25, -0.2) is 14.5 Å². The molecule has 1 aromatic carbocycles. The molecule has 0 fully saturated rings. The first kappa shape index (κ1) is 18.6. The van der Waals surface area contributed by atoms with Gasteiger partial charge in [0, 0.05) is 23.3 Å². The highest BCUT2D eigenvalue weighted by molar-refractivity contribution is 7.14. The Bertz CT molecular complexity index is 1150. The molecule has 0 atom stereocenters. The lowest BCUT2D eigenvalue weighted by molar-refractivity contribution is -0.115. The minimum Gasteiger partial charge on any atom is -0.464 e. The molecule has 29 heavy (non-hydrogen) atoms. The number of carbonyl (C=O) groups excluding carboxylic acids is 2. The van der Waals surface area contributed by atoms with Gasteiger partial charge in [-0.15, -0.1) is 11.3 Å². The van der Waals surface area contributed by atoms with Gasteiger partial charge in [0.1, 0.15) is 5.69 Å². The molecular weight excluding hydrogens is 390 g/mol. The van der Waals surface area contributed by atoms with Crippen LogP contribution in [0.15, 0.2) is 60.4 Å². The third-order valence-electron chi connectivity index (χ3n) is 4.16. The summed E-state index contributed by atoms with van der Waals surface area (Å²) in [5, 5.41) is 9.40. The molecule has 0 radical (unpaired) electrons. The maximum absolute atomic E-state index is 12.4. The van der Waals surface area contributed by atoms with Crippen LogP contribution in [0.25, 0.3) is 16.9 Å². The van der Waals surface area contributed by atoms with E-state index in [0.29, 0.717) is 16.5 Å². The zero-order valence-electron chi connectivity index (χ0n) is 15.5. The molecule has 4 rings (SSSR count). The number of aromatic amines is 1. The summed E-state index contributed by atoms with van der Waals surface area (Å²) in [5.41, 5.74) is 3.48. The van der Waals surface area contributed by atoms with E-state index in [2.05, 4.69) is 25.1 Å². The molecule has 3 aromatic heterocycles. The first-order valence-electron chi connectivity index (χ1n) is 8.74. The molecule has 0 aliphatic heterocycles. The Hall–Kier alpha value is -3.72. The second-order valence-corrected chi connectivity index (χ2v) is 7.04. The number of H-pyrrole nitrogens is 1. The van der Waals surface area contributed by atoms with Gasteiger partial charge in [0.2, 0.25) is 5.91 Å². The van der Waals surface area contributed by atoms with Gasteiger partial charge in [-0.2, -0.15) is 5.10 Å². The van der Waals surface area contributed by atoms with Gasteiger partial charge >= 0.3 is 5.97 Å². The molecule has 0 spiro atoms. The number of anilines is 1. The average Bonchev–Trinajstić information content (AvgIpc) is 3.48. The number of rotatable bonds is 6. The fourth-order valence-electron chi connectivity index (χ4n) is 2.76. The predicted octanol–water partition coefficient (Wildman–Crippen LogP) is 3.29. The summed E-state index contributed by atoms with van der Waals surface area (Å²) in [7, 11) is 1.32. The van der Waals surface area contributed by atoms with Gasteiger partial charge in [-0.1, -0.05) is 18.2 Å². The summed E-state index contributed by atoms with van der Waals surface area (Å²) in [6, 6.07) is 11.4. The van der Waals surface area contributed by atoms with E-state index < -0.39 is 5.97 Å². The second kappa shape index (κ2) is 8.11. The topological polar surface area (TPSA) is 102 Å². The highest BCUT2D eigenvalue weighted by Crippen LogP contribution is 2.25. The minimum atomic E-state index is -0.448. The fourth-order valence-corrected chi connectivity index (χ4v) is 3.49. The number of hydrogen-bond acceptors (Lipinski definition) is 6. The maximum Gasteiger partial charge on any atom is 0.354 e. The van der Waals surface area contributed by atoms with Crippen LogP contribution in [0.4, 0.5) is 5.13 Å². The van der Waals surface area contributed by atoms with E-state index in [0.717, 1.165) is 16.8 Å². The number of thiazole rings is 1.